The Balaban J connectivity index is 2.48. The van der Waals surface area contributed by atoms with Gasteiger partial charge in [0.2, 0.25) is 0 Å². The maximum absolute atomic E-state index is 5.39. The van der Waals surface area contributed by atoms with Gasteiger partial charge in [0, 0.05) is 23.9 Å². The number of methoxy groups -OCH3 is 1. The van der Waals surface area contributed by atoms with Gasteiger partial charge in [-0.3, -0.25) is 0 Å². The molecule has 1 aromatic rings. The van der Waals surface area contributed by atoms with Crippen molar-refractivity contribution in [2.24, 2.45) is 0 Å². The second-order valence-electron chi connectivity index (χ2n) is 5.87. The smallest absolute Gasteiger partial charge is 0.120 e. The first-order chi connectivity index (χ1) is 8.99. The van der Waals surface area contributed by atoms with E-state index < -0.39 is 0 Å². The van der Waals surface area contributed by atoms with E-state index in [0.29, 0.717) is 0 Å². The van der Waals surface area contributed by atoms with E-state index in [1.165, 1.54) is 29.7 Å². The van der Waals surface area contributed by atoms with Crippen LogP contribution in [0.5, 0.6) is 5.75 Å². The lowest BCUT2D eigenvalue weighted by Gasteiger charge is -2.43. The van der Waals surface area contributed by atoms with E-state index >= 15 is 0 Å². The highest BCUT2D eigenvalue weighted by molar-refractivity contribution is 5.82. The van der Waals surface area contributed by atoms with E-state index in [1.807, 2.05) is 6.07 Å². The molecule has 0 spiro atoms. The minimum Gasteiger partial charge on any atom is -0.497 e. The van der Waals surface area contributed by atoms with Crippen molar-refractivity contribution in [1.82, 2.24) is 0 Å². The van der Waals surface area contributed by atoms with E-state index in [9.17, 15) is 0 Å². The standard InChI is InChI=1S/C17H25NO/c1-6-7-10-18-16-11-14(19-5)8-9-15(16)13(2)12-17(18,3)4/h8-9,11-12H,6-7,10H2,1-5H3. The SMILES string of the molecule is CCCCN1c2cc(OC)ccc2C(C)=CC1(C)C. The monoisotopic (exact) mass is 259 g/mol. The van der Waals surface area contributed by atoms with Crippen LogP contribution >= 0.6 is 0 Å². The van der Waals surface area contributed by atoms with Crippen LogP contribution in [0.3, 0.4) is 0 Å². The third-order valence-corrected chi connectivity index (χ3v) is 3.92. The molecule has 0 unspecified atom stereocenters. The number of anilines is 1. The normalized spacial score (nSPS) is 16.9. The number of rotatable bonds is 4. The minimum atomic E-state index is 0.0681. The number of allylic oxidation sites excluding steroid dienone is 1. The fourth-order valence-corrected chi connectivity index (χ4v) is 2.92. The first-order valence-corrected chi connectivity index (χ1v) is 7.15. The molecule has 19 heavy (non-hydrogen) atoms. The Labute approximate surface area is 117 Å². The summed E-state index contributed by atoms with van der Waals surface area (Å²) in [4.78, 5) is 2.50. The molecule has 0 aliphatic carbocycles. The summed E-state index contributed by atoms with van der Waals surface area (Å²) in [6, 6.07) is 6.39. The van der Waals surface area contributed by atoms with E-state index in [0.717, 1.165) is 12.3 Å². The zero-order chi connectivity index (χ0) is 14.0. The molecule has 0 N–H and O–H groups in total. The lowest BCUT2D eigenvalue weighted by molar-refractivity contribution is 0.414. The molecule has 104 valence electrons. The molecular formula is C17H25NO. The van der Waals surface area contributed by atoms with E-state index in [1.54, 1.807) is 7.11 Å². The molecular weight excluding hydrogens is 234 g/mol. The number of benzene rings is 1. The lowest BCUT2D eigenvalue weighted by Crippen LogP contribution is -2.45. The molecule has 0 amide bonds. The Morgan fingerprint density at radius 2 is 2.00 bits per heavy atom. The van der Waals surface area contributed by atoms with Crippen LogP contribution in [0.15, 0.2) is 24.3 Å². The molecule has 1 heterocycles. The van der Waals surface area contributed by atoms with Gasteiger partial charge in [0.05, 0.1) is 12.6 Å². The van der Waals surface area contributed by atoms with E-state index in [-0.39, 0.29) is 5.54 Å². The van der Waals surface area contributed by atoms with Gasteiger partial charge < -0.3 is 9.64 Å². The molecule has 0 saturated heterocycles. The zero-order valence-electron chi connectivity index (χ0n) is 12.8. The van der Waals surface area contributed by atoms with Crippen molar-refractivity contribution >= 4 is 11.3 Å². The lowest BCUT2D eigenvalue weighted by atomic mass is 9.88. The van der Waals surface area contributed by atoms with Crippen molar-refractivity contribution < 1.29 is 4.74 Å². The highest BCUT2D eigenvalue weighted by Crippen LogP contribution is 2.40. The predicted octanol–water partition coefficient (Wildman–Crippen LogP) is 4.50. The summed E-state index contributed by atoms with van der Waals surface area (Å²) in [6.07, 6.45) is 4.80. The Hall–Kier alpha value is -1.44. The number of ether oxygens (including phenoxy) is 1. The molecule has 2 heteroatoms. The average molecular weight is 259 g/mol. The summed E-state index contributed by atoms with van der Waals surface area (Å²) < 4.78 is 5.39. The molecule has 1 aliphatic rings. The van der Waals surface area contributed by atoms with Crippen LogP contribution in [0.25, 0.3) is 5.57 Å². The van der Waals surface area contributed by atoms with Crippen molar-refractivity contribution in [3.05, 3.63) is 29.8 Å². The summed E-state index contributed by atoms with van der Waals surface area (Å²) in [7, 11) is 1.73. The molecule has 0 atom stereocenters. The first kappa shape index (κ1) is 14.0. The van der Waals surface area contributed by atoms with Gasteiger partial charge in [-0.25, -0.2) is 0 Å². The van der Waals surface area contributed by atoms with Crippen molar-refractivity contribution in [2.75, 3.05) is 18.6 Å². The fourth-order valence-electron chi connectivity index (χ4n) is 2.92. The second kappa shape index (κ2) is 5.28. The topological polar surface area (TPSA) is 12.5 Å². The zero-order valence-corrected chi connectivity index (χ0v) is 12.8. The number of nitrogens with zero attached hydrogens (tertiary/aromatic N) is 1. The van der Waals surface area contributed by atoms with Crippen LogP contribution in [0.4, 0.5) is 5.69 Å². The molecule has 1 aliphatic heterocycles. The van der Waals surface area contributed by atoms with Gasteiger partial charge >= 0.3 is 0 Å². The number of fused-ring (bicyclic) bond motifs is 1. The Kier molecular flexibility index (Phi) is 3.88. The Bertz CT molecular complexity index is 488. The van der Waals surface area contributed by atoms with E-state index in [4.69, 9.17) is 4.74 Å². The van der Waals surface area contributed by atoms with Gasteiger partial charge in [-0.1, -0.05) is 19.4 Å². The molecule has 0 fully saturated rings. The van der Waals surface area contributed by atoms with Crippen molar-refractivity contribution in [2.45, 2.75) is 46.1 Å². The van der Waals surface area contributed by atoms with Crippen LogP contribution in [-0.2, 0) is 0 Å². The maximum Gasteiger partial charge on any atom is 0.120 e. The third-order valence-electron chi connectivity index (χ3n) is 3.92. The van der Waals surface area contributed by atoms with Crippen LogP contribution in [0.1, 0.15) is 46.1 Å². The van der Waals surface area contributed by atoms with Crippen LogP contribution < -0.4 is 9.64 Å². The van der Waals surface area contributed by atoms with Crippen LogP contribution in [0, 0.1) is 0 Å². The Morgan fingerprint density at radius 3 is 2.63 bits per heavy atom. The summed E-state index contributed by atoms with van der Waals surface area (Å²) in [5.74, 6) is 0.936. The fraction of sp³-hybridized carbons (Fsp3) is 0.529. The molecule has 0 radical (unpaired) electrons. The maximum atomic E-state index is 5.39. The van der Waals surface area contributed by atoms with Crippen molar-refractivity contribution in [3.8, 4) is 5.75 Å². The largest absolute Gasteiger partial charge is 0.497 e. The molecule has 0 aromatic heterocycles. The number of hydrogen-bond acceptors (Lipinski definition) is 2. The van der Waals surface area contributed by atoms with E-state index in [2.05, 4.69) is 50.8 Å². The molecule has 2 rings (SSSR count). The molecule has 2 nitrogen and oxygen atoms in total. The van der Waals surface area contributed by atoms with Gasteiger partial charge in [-0.15, -0.1) is 0 Å². The third kappa shape index (κ3) is 2.63. The van der Waals surface area contributed by atoms with Crippen LogP contribution in [0.2, 0.25) is 0 Å². The first-order valence-electron chi connectivity index (χ1n) is 7.15. The van der Waals surface area contributed by atoms with Gasteiger partial charge in [0.25, 0.3) is 0 Å². The Morgan fingerprint density at radius 1 is 1.26 bits per heavy atom. The summed E-state index contributed by atoms with van der Waals surface area (Å²) in [5.41, 5.74) is 4.06. The number of unbranched alkanes of at least 4 members (excludes halogenated alkanes) is 1. The van der Waals surface area contributed by atoms with Crippen molar-refractivity contribution in [1.29, 1.82) is 0 Å². The van der Waals surface area contributed by atoms with Crippen molar-refractivity contribution in [3.63, 3.8) is 0 Å². The summed E-state index contributed by atoms with van der Waals surface area (Å²) >= 11 is 0. The van der Waals surface area contributed by atoms with Gasteiger partial charge in [0.1, 0.15) is 5.75 Å². The minimum absolute atomic E-state index is 0.0681. The molecule has 0 bridgehead atoms. The number of hydrogen-bond donors (Lipinski definition) is 0. The highest BCUT2D eigenvalue weighted by Gasteiger charge is 2.30. The van der Waals surface area contributed by atoms with Gasteiger partial charge in [-0.05, 0) is 44.9 Å². The quantitative estimate of drug-likeness (QED) is 0.789. The predicted molar refractivity (Wildman–Crippen MR) is 83.0 cm³/mol. The average Bonchev–Trinajstić information content (AvgIpc) is 2.37. The molecule has 0 saturated carbocycles. The highest BCUT2D eigenvalue weighted by atomic mass is 16.5. The van der Waals surface area contributed by atoms with Crippen LogP contribution in [-0.4, -0.2) is 19.2 Å². The van der Waals surface area contributed by atoms with Gasteiger partial charge in [-0.2, -0.15) is 0 Å². The van der Waals surface area contributed by atoms with Gasteiger partial charge in [0.15, 0.2) is 0 Å². The molecule has 1 aromatic carbocycles. The summed E-state index contributed by atoms with van der Waals surface area (Å²) in [5, 5.41) is 0. The summed E-state index contributed by atoms with van der Waals surface area (Å²) in [6.45, 7) is 10.1. The second-order valence-corrected chi connectivity index (χ2v) is 5.87.